The second-order valence-electron chi connectivity index (χ2n) is 4.49. The lowest BCUT2D eigenvalue weighted by atomic mass is 10.2. The van der Waals surface area contributed by atoms with Crippen molar-refractivity contribution in [1.82, 2.24) is 0 Å². The van der Waals surface area contributed by atoms with E-state index in [0.717, 1.165) is 0 Å². The van der Waals surface area contributed by atoms with Gasteiger partial charge in [0.1, 0.15) is 5.82 Å². The molecule has 0 bridgehead atoms. The van der Waals surface area contributed by atoms with Gasteiger partial charge in [-0.05, 0) is 31.2 Å². The number of aromatic nitrogens is 1. The first-order chi connectivity index (χ1) is 9.95. The number of hydrogen-bond donors (Lipinski definition) is 1. The van der Waals surface area contributed by atoms with Crippen LogP contribution >= 0.6 is 15.9 Å². The summed E-state index contributed by atoms with van der Waals surface area (Å²) in [6.07, 6.45) is 3.25. The zero-order valence-electron chi connectivity index (χ0n) is 11.3. The molecule has 2 rings (SSSR count). The smallest absolute Gasteiger partial charge is 0.290 e. The minimum atomic E-state index is -0.514. The fourth-order valence-electron chi connectivity index (χ4n) is 1.77. The molecule has 0 aliphatic rings. The van der Waals surface area contributed by atoms with Crippen molar-refractivity contribution in [2.75, 3.05) is 5.32 Å². The number of pyridine rings is 1. The Morgan fingerprint density at radius 3 is 2.76 bits per heavy atom. The first-order valence-corrected chi connectivity index (χ1v) is 7.00. The molecule has 0 unspecified atom stereocenters. The predicted octanol–water partition coefficient (Wildman–Crippen LogP) is 2.72. The van der Waals surface area contributed by atoms with Crippen LogP contribution in [0.25, 0.3) is 0 Å². The maximum absolute atomic E-state index is 13.6. The van der Waals surface area contributed by atoms with Gasteiger partial charge in [-0.2, -0.15) is 4.57 Å². The monoisotopic (exact) mass is 351 g/mol. The minimum Gasteiger partial charge on any atom is -0.318 e. The molecule has 0 fully saturated rings. The summed E-state index contributed by atoms with van der Waals surface area (Å²) in [5.41, 5.74) is 0.631. The highest BCUT2D eigenvalue weighted by Crippen LogP contribution is 2.19. The van der Waals surface area contributed by atoms with Crippen molar-refractivity contribution in [3.05, 3.63) is 58.6 Å². The summed E-state index contributed by atoms with van der Waals surface area (Å²) in [5.74, 6) is -0.967. The Bertz CT molecular complexity index is 704. The maximum Gasteiger partial charge on any atom is 0.290 e. The van der Waals surface area contributed by atoms with Crippen LogP contribution in [0.3, 0.4) is 0 Å². The molecule has 4 nitrogen and oxygen atoms in total. The van der Waals surface area contributed by atoms with Gasteiger partial charge in [-0.25, -0.2) is 4.39 Å². The lowest BCUT2D eigenvalue weighted by Crippen LogP contribution is -2.40. The van der Waals surface area contributed by atoms with Gasteiger partial charge < -0.3 is 5.32 Å². The van der Waals surface area contributed by atoms with E-state index in [2.05, 4.69) is 21.2 Å². The van der Waals surface area contributed by atoms with Crippen LogP contribution in [0.15, 0.2) is 47.2 Å². The molecule has 21 heavy (non-hydrogen) atoms. The van der Waals surface area contributed by atoms with E-state index in [4.69, 9.17) is 0 Å². The Labute approximate surface area is 129 Å². The quantitative estimate of drug-likeness (QED) is 0.680. The topological polar surface area (TPSA) is 50.0 Å². The highest BCUT2D eigenvalue weighted by Gasteiger charge is 2.13. The highest BCUT2D eigenvalue weighted by molar-refractivity contribution is 9.10. The summed E-state index contributed by atoms with van der Waals surface area (Å²) < 4.78 is 15.8. The molecule has 1 amide bonds. The van der Waals surface area contributed by atoms with Crippen LogP contribution in [-0.2, 0) is 11.3 Å². The van der Waals surface area contributed by atoms with Gasteiger partial charge in [0.25, 0.3) is 5.91 Å². The van der Waals surface area contributed by atoms with Crippen LogP contribution < -0.4 is 9.88 Å². The molecule has 0 radical (unpaired) electrons. The summed E-state index contributed by atoms with van der Waals surface area (Å²) in [7, 11) is 0. The van der Waals surface area contributed by atoms with E-state index >= 15 is 0 Å². The third kappa shape index (κ3) is 4.19. The largest absolute Gasteiger partial charge is 0.318 e. The first kappa shape index (κ1) is 15.3. The number of Topliss-reactive ketones (excluding diaryl/α,β-unsaturated/α-hetero) is 1. The number of benzene rings is 1. The van der Waals surface area contributed by atoms with E-state index in [1.807, 2.05) is 0 Å². The van der Waals surface area contributed by atoms with Crippen molar-refractivity contribution in [2.45, 2.75) is 13.5 Å². The minimum absolute atomic E-state index is 0.00335. The molecule has 108 valence electrons. The van der Waals surface area contributed by atoms with Crippen molar-refractivity contribution in [3.63, 3.8) is 0 Å². The number of amides is 1. The van der Waals surface area contributed by atoms with E-state index in [9.17, 15) is 14.0 Å². The molecule has 1 aromatic heterocycles. The second kappa shape index (κ2) is 6.58. The standard InChI is InChI=1S/C15H12BrFN2O2/c1-10(20)11-3-2-6-19(8-11)9-15(21)18-14-5-4-12(16)7-13(14)17/h2-8H,9H2,1H3/p+1. The third-order valence-corrected chi connectivity index (χ3v) is 3.29. The number of nitrogens with one attached hydrogen (secondary N) is 1. The highest BCUT2D eigenvalue weighted by atomic mass is 79.9. The molecule has 2 aromatic rings. The van der Waals surface area contributed by atoms with Gasteiger partial charge in [0.15, 0.2) is 18.2 Å². The first-order valence-electron chi connectivity index (χ1n) is 6.20. The van der Waals surface area contributed by atoms with Gasteiger partial charge in [0.05, 0.1) is 11.3 Å². The van der Waals surface area contributed by atoms with Crippen molar-refractivity contribution in [1.29, 1.82) is 0 Å². The molecule has 0 saturated heterocycles. The molecule has 0 aliphatic heterocycles. The van der Waals surface area contributed by atoms with Crippen LogP contribution in [0, 0.1) is 5.82 Å². The third-order valence-electron chi connectivity index (χ3n) is 2.80. The summed E-state index contributed by atoms with van der Waals surface area (Å²) in [5, 5.41) is 2.49. The number of nitrogens with zero attached hydrogens (tertiary/aromatic N) is 1. The number of carbonyl (C=O) groups is 2. The Kier molecular flexibility index (Phi) is 4.80. The number of ketones is 1. The average Bonchev–Trinajstić information content (AvgIpc) is 2.42. The predicted molar refractivity (Wildman–Crippen MR) is 79.4 cm³/mol. The van der Waals surface area contributed by atoms with E-state index < -0.39 is 5.82 Å². The maximum atomic E-state index is 13.6. The fourth-order valence-corrected chi connectivity index (χ4v) is 2.11. The number of halogens is 2. The SMILES string of the molecule is CC(=O)c1ccc[n+](CC(=O)Nc2ccc(Br)cc2F)c1. The zero-order valence-corrected chi connectivity index (χ0v) is 12.9. The summed E-state index contributed by atoms with van der Waals surface area (Å²) in [4.78, 5) is 23.2. The molecular formula is C15H13BrFN2O2+. The Hall–Kier alpha value is -2.08. The van der Waals surface area contributed by atoms with Gasteiger partial charge in [0.2, 0.25) is 6.54 Å². The van der Waals surface area contributed by atoms with Crippen molar-refractivity contribution in [3.8, 4) is 0 Å². The second-order valence-corrected chi connectivity index (χ2v) is 5.41. The van der Waals surface area contributed by atoms with E-state index in [1.165, 1.54) is 19.1 Å². The molecule has 6 heteroatoms. The molecule has 1 N–H and O–H groups in total. The molecule has 1 aromatic carbocycles. The molecule has 0 aliphatic carbocycles. The van der Waals surface area contributed by atoms with E-state index in [1.54, 1.807) is 35.2 Å². The fraction of sp³-hybridized carbons (Fsp3) is 0.133. The van der Waals surface area contributed by atoms with Gasteiger partial charge in [-0.3, -0.25) is 9.59 Å². The van der Waals surface area contributed by atoms with Crippen LogP contribution in [0.5, 0.6) is 0 Å². The summed E-state index contributed by atoms with van der Waals surface area (Å²) in [6, 6.07) is 7.75. The van der Waals surface area contributed by atoms with Crippen molar-refractivity contribution in [2.24, 2.45) is 0 Å². The van der Waals surface area contributed by atoms with Gasteiger partial charge >= 0.3 is 0 Å². The van der Waals surface area contributed by atoms with E-state index in [0.29, 0.717) is 10.0 Å². The zero-order chi connectivity index (χ0) is 15.4. The molecule has 0 saturated carbocycles. The Morgan fingerprint density at radius 1 is 1.33 bits per heavy atom. The number of rotatable bonds is 4. The Morgan fingerprint density at radius 2 is 2.10 bits per heavy atom. The molecule has 1 heterocycles. The average molecular weight is 352 g/mol. The van der Waals surface area contributed by atoms with Crippen LogP contribution in [-0.4, -0.2) is 11.7 Å². The van der Waals surface area contributed by atoms with Crippen molar-refractivity contribution >= 4 is 33.3 Å². The number of anilines is 1. The molecule has 0 spiro atoms. The number of hydrogen-bond acceptors (Lipinski definition) is 2. The molecular weight excluding hydrogens is 339 g/mol. The lowest BCUT2D eigenvalue weighted by molar-refractivity contribution is -0.684. The van der Waals surface area contributed by atoms with Gasteiger partial charge in [0, 0.05) is 10.5 Å². The van der Waals surface area contributed by atoms with Gasteiger partial charge in [-0.1, -0.05) is 15.9 Å². The Balaban J connectivity index is 2.08. The number of carbonyl (C=O) groups excluding carboxylic acids is 2. The molecule has 0 atom stereocenters. The summed E-state index contributed by atoms with van der Waals surface area (Å²) in [6.45, 7) is 1.45. The van der Waals surface area contributed by atoms with E-state index in [-0.39, 0.29) is 23.9 Å². The van der Waals surface area contributed by atoms with Gasteiger partial charge in [-0.15, -0.1) is 0 Å². The van der Waals surface area contributed by atoms with Crippen molar-refractivity contribution < 1.29 is 18.5 Å². The normalized spacial score (nSPS) is 10.2. The lowest BCUT2D eigenvalue weighted by Gasteiger charge is -2.05. The van der Waals surface area contributed by atoms with Crippen LogP contribution in [0.2, 0.25) is 0 Å². The van der Waals surface area contributed by atoms with Crippen LogP contribution in [0.1, 0.15) is 17.3 Å². The van der Waals surface area contributed by atoms with Crippen LogP contribution in [0.4, 0.5) is 10.1 Å². The summed E-state index contributed by atoms with van der Waals surface area (Å²) >= 11 is 3.15.